The molecule has 0 radical (unpaired) electrons. The zero-order valence-corrected chi connectivity index (χ0v) is 18.9. The fourth-order valence-corrected chi connectivity index (χ4v) is 4.83. The van der Waals surface area contributed by atoms with Gasteiger partial charge in [-0.15, -0.1) is 0 Å². The van der Waals surface area contributed by atoms with E-state index in [0.29, 0.717) is 11.7 Å². The second kappa shape index (κ2) is 8.59. The molecule has 0 aromatic carbocycles. The first-order valence-corrected chi connectivity index (χ1v) is 11.1. The fourth-order valence-electron chi connectivity index (χ4n) is 4.53. The van der Waals surface area contributed by atoms with E-state index in [0.717, 1.165) is 18.0 Å². The summed E-state index contributed by atoms with van der Waals surface area (Å²) in [5.41, 5.74) is 5.88. The Labute approximate surface area is 192 Å². The van der Waals surface area contributed by atoms with E-state index < -0.39 is 0 Å². The van der Waals surface area contributed by atoms with Crippen LogP contribution in [0.15, 0.2) is 77.8 Å². The maximum atomic E-state index is 5.79. The fraction of sp³-hybridized carbons (Fsp3) is 0.240. The molecule has 1 fully saturated rings. The summed E-state index contributed by atoms with van der Waals surface area (Å²) in [6, 6.07) is 16.3. The summed E-state index contributed by atoms with van der Waals surface area (Å²) in [6.45, 7) is 5.74. The van der Waals surface area contributed by atoms with Gasteiger partial charge in [0, 0.05) is 36.5 Å². The zero-order chi connectivity index (χ0) is 22.1. The van der Waals surface area contributed by atoms with Gasteiger partial charge in [0.25, 0.3) is 0 Å². The monoisotopic (exact) mass is 443 g/mol. The summed E-state index contributed by atoms with van der Waals surface area (Å²) in [5, 5.41) is 4.23. The number of nitrogens with one attached hydrogen (secondary N) is 1. The molecule has 1 saturated heterocycles. The number of thiocarbonyl (C=S) groups is 1. The average Bonchev–Trinajstić information content (AvgIpc) is 3.51. The summed E-state index contributed by atoms with van der Waals surface area (Å²) in [5.74, 6) is 0.881. The van der Waals surface area contributed by atoms with Gasteiger partial charge in [-0.05, 0) is 79.7 Å². The van der Waals surface area contributed by atoms with Gasteiger partial charge in [0.15, 0.2) is 5.11 Å². The highest BCUT2D eigenvalue weighted by Crippen LogP contribution is 2.41. The van der Waals surface area contributed by atoms with E-state index in [1.807, 2.05) is 42.9 Å². The van der Waals surface area contributed by atoms with E-state index in [2.05, 4.69) is 62.9 Å². The number of aromatic nitrogens is 3. The largest absolute Gasteiger partial charge is 0.467 e. The third-order valence-electron chi connectivity index (χ3n) is 6.13. The van der Waals surface area contributed by atoms with E-state index >= 15 is 0 Å². The predicted octanol–water partition coefficient (Wildman–Crippen LogP) is 4.71. The number of pyridine rings is 2. The van der Waals surface area contributed by atoms with E-state index in [4.69, 9.17) is 16.6 Å². The minimum atomic E-state index is -0.0477. The van der Waals surface area contributed by atoms with Crippen LogP contribution in [0.1, 0.15) is 46.1 Å². The van der Waals surface area contributed by atoms with E-state index in [9.17, 15) is 0 Å². The molecule has 4 aromatic rings. The van der Waals surface area contributed by atoms with Crippen molar-refractivity contribution in [1.29, 1.82) is 0 Å². The molecule has 32 heavy (non-hydrogen) atoms. The molecule has 4 aromatic heterocycles. The van der Waals surface area contributed by atoms with Gasteiger partial charge < -0.3 is 19.2 Å². The quantitative estimate of drug-likeness (QED) is 0.436. The Bertz CT molecular complexity index is 1200. The molecule has 7 heteroatoms. The second-order valence-electron chi connectivity index (χ2n) is 8.10. The van der Waals surface area contributed by atoms with Gasteiger partial charge in [-0.3, -0.25) is 9.97 Å². The number of hydrogen-bond donors (Lipinski definition) is 1. The molecule has 0 bridgehead atoms. The standard InChI is InChI=1S/C25H25N5OS/c1-17-14-21(18(2)29(17)15-19-8-11-26-12-9-19)24-23(22-7-3-4-10-27-22)28-25(32)30(24)16-20-6-5-13-31-20/h3-14,23-24H,15-16H2,1-2H3,(H,28,32)/t23-,24+/m0/s1. The second-order valence-corrected chi connectivity index (χ2v) is 8.49. The normalized spacial score (nSPS) is 18.2. The lowest BCUT2D eigenvalue weighted by Gasteiger charge is -2.27. The van der Waals surface area contributed by atoms with Gasteiger partial charge in [-0.2, -0.15) is 0 Å². The summed E-state index contributed by atoms with van der Waals surface area (Å²) in [7, 11) is 0. The summed E-state index contributed by atoms with van der Waals surface area (Å²) in [6.07, 6.45) is 7.21. The highest BCUT2D eigenvalue weighted by molar-refractivity contribution is 7.80. The van der Waals surface area contributed by atoms with Gasteiger partial charge in [0.2, 0.25) is 0 Å². The van der Waals surface area contributed by atoms with E-state index in [-0.39, 0.29) is 12.1 Å². The Hall–Kier alpha value is -3.45. The van der Waals surface area contributed by atoms with Crippen LogP contribution in [0.25, 0.3) is 0 Å². The molecule has 0 amide bonds. The molecule has 2 atom stereocenters. The van der Waals surface area contributed by atoms with Crippen molar-refractivity contribution in [3.05, 3.63) is 107 Å². The van der Waals surface area contributed by atoms with Crippen LogP contribution in [0.5, 0.6) is 0 Å². The highest BCUT2D eigenvalue weighted by Gasteiger charge is 2.41. The summed E-state index contributed by atoms with van der Waals surface area (Å²) in [4.78, 5) is 11.0. The van der Waals surface area contributed by atoms with Crippen molar-refractivity contribution in [2.45, 2.75) is 39.0 Å². The Morgan fingerprint density at radius 3 is 2.59 bits per heavy atom. The molecular weight excluding hydrogens is 418 g/mol. The minimum absolute atomic E-state index is 0.000102. The van der Waals surface area contributed by atoms with Crippen molar-refractivity contribution in [2.24, 2.45) is 0 Å². The van der Waals surface area contributed by atoms with Crippen LogP contribution in [0.4, 0.5) is 0 Å². The zero-order valence-electron chi connectivity index (χ0n) is 18.1. The van der Waals surface area contributed by atoms with Crippen LogP contribution in [-0.4, -0.2) is 24.5 Å². The number of nitrogens with zero attached hydrogens (tertiary/aromatic N) is 4. The first kappa shape index (κ1) is 20.5. The molecule has 1 N–H and O–H groups in total. The number of hydrogen-bond acceptors (Lipinski definition) is 4. The SMILES string of the molecule is Cc1cc([C@@H]2[C@H](c3ccccn3)NC(=S)N2Cc2ccco2)c(C)n1Cc1ccncc1. The van der Waals surface area contributed by atoms with Gasteiger partial charge in [0.05, 0.1) is 30.6 Å². The van der Waals surface area contributed by atoms with E-state index in [1.165, 1.54) is 22.5 Å². The molecule has 1 aliphatic rings. The van der Waals surface area contributed by atoms with Crippen molar-refractivity contribution < 1.29 is 4.42 Å². The predicted molar refractivity (Wildman–Crippen MR) is 127 cm³/mol. The molecule has 0 spiro atoms. The van der Waals surface area contributed by atoms with Gasteiger partial charge in [-0.25, -0.2) is 0 Å². The lowest BCUT2D eigenvalue weighted by molar-refractivity contribution is 0.286. The first-order chi connectivity index (χ1) is 15.6. The van der Waals surface area contributed by atoms with Crippen LogP contribution in [-0.2, 0) is 13.1 Å². The molecule has 0 saturated carbocycles. The minimum Gasteiger partial charge on any atom is -0.467 e. The lowest BCUT2D eigenvalue weighted by Crippen LogP contribution is -2.29. The summed E-state index contributed by atoms with van der Waals surface area (Å²) < 4.78 is 8.01. The van der Waals surface area contributed by atoms with Crippen molar-refractivity contribution >= 4 is 17.3 Å². The van der Waals surface area contributed by atoms with Crippen molar-refractivity contribution in [3.8, 4) is 0 Å². The molecule has 0 unspecified atom stereocenters. The third-order valence-corrected chi connectivity index (χ3v) is 6.48. The van der Waals surface area contributed by atoms with Gasteiger partial charge >= 0.3 is 0 Å². The maximum Gasteiger partial charge on any atom is 0.170 e. The molecule has 1 aliphatic heterocycles. The molecule has 162 valence electrons. The number of aryl methyl sites for hydroxylation is 1. The van der Waals surface area contributed by atoms with Crippen LogP contribution < -0.4 is 5.32 Å². The highest BCUT2D eigenvalue weighted by atomic mass is 32.1. The van der Waals surface area contributed by atoms with Crippen LogP contribution >= 0.6 is 12.2 Å². The van der Waals surface area contributed by atoms with E-state index in [1.54, 1.807) is 6.26 Å². The third kappa shape index (κ3) is 3.80. The van der Waals surface area contributed by atoms with Crippen LogP contribution in [0, 0.1) is 13.8 Å². The van der Waals surface area contributed by atoms with Crippen molar-refractivity contribution in [1.82, 2.24) is 24.8 Å². The topological polar surface area (TPSA) is 59.1 Å². The number of furan rings is 1. The molecule has 5 rings (SSSR count). The molecule has 6 nitrogen and oxygen atoms in total. The Kier molecular flexibility index (Phi) is 5.49. The van der Waals surface area contributed by atoms with Gasteiger partial charge in [0.1, 0.15) is 5.76 Å². The Morgan fingerprint density at radius 2 is 1.88 bits per heavy atom. The van der Waals surface area contributed by atoms with Gasteiger partial charge in [-0.1, -0.05) is 6.07 Å². The molecule has 0 aliphatic carbocycles. The van der Waals surface area contributed by atoms with Crippen molar-refractivity contribution in [2.75, 3.05) is 0 Å². The average molecular weight is 444 g/mol. The Morgan fingerprint density at radius 1 is 1.03 bits per heavy atom. The maximum absolute atomic E-state index is 5.79. The van der Waals surface area contributed by atoms with Crippen LogP contribution in [0.3, 0.4) is 0 Å². The van der Waals surface area contributed by atoms with Crippen LogP contribution in [0.2, 0.25) is 0 Å². The molecular formula is C25H25N5OS. The number of rotatable bonds is 6. The lowest BCUT2D eigenvalue weighted by atomic mass is 9.96. The van der Waals surface area contributed by atoms with Crippen molar-refractivity contribution in [3.63, 3.8) is 0 Å². The summed E-state index contributed by atoms with van der Waals surface area (Å²) >= 11 is 5.79. The Balaban J connectivity index is 1.56. The molecule has 5 heterocycles. The first-order valence-electron chi connectivity index (χ1n) is 10.7. The smallest absolute Gasteiger partial charge is 0.170 e.